The summed E-state index contributed by atoms with van der Waals surface area (Å²) in [7, 11) is -2.20. The maximum Gasteiger partial charge on any atom is 0.243 e. The molecule has 0 bridgehead atoms. The zero-order valence-corrected chi connectivity index (χ0v) is 23.5. The van der Waals surface area contributed by atoms with Gasteiger partial charge >= 0.3 is 0 Å². The molecule has 0 saturated carbocycles. The molecule has 4 aromatic carbocycles. The number of amides is 1. The second-order valence-electron chi connectivity index (χ2n) is 10.5. The Bertz CT molecular complexity index is 1650. The van der Waals surface area contributed by atoms with Gasteiger partial charge in [-0.15, -0.1) is 0 Å². The van der Waals surface area contributed by atoms with E-state index < -0.39 is 15.9 Å². The van der Waals surface area contributed by atoms with Crippen molar-refractivity contribution in [3.63, 3.8) is 0 Å². The number of carbonyl (C=O) groups excluding carboxylic acids is 1. The van der Waals surface area contributed by atoms with Crippen molar-refractivity contribution in [2.45, 2.75) is 43.3 Å². The fourth-order valence-corrected chi connectivity index (χ4v) is 7.54. The minimum absolute atomic E-state index is 0.0759. The second-order valence-corrected chi connectivity index (χ2v) is 12.4. The molecule has 1 saturated heterocycles. The summed E-state index contributed by atoms with van der Waals surface area (Å²) in [6, 6.07) is 30.6. The van der Waals surface area contributed by atoms with Crippen LogP contribution in [0, 0.1) is 6.92 Å². The van der Waals surface area contributed by atoms with Gasteiger partial charge in [0.1, 0.15) is 5.75 Å². The van der Waals surface area contributed by atoms with Crippen molar-refractivity contribution in [3.05, 3.63) is 130 Å². The number of fused-ring (bicyclic) bond motifs is 1. The fraction of sp³-hybridized carbons (Fsp3) is 0.242. The van der Waals surface area contributed by atoms with Gasteiger partial charge in [0.15, 0.2) is 0 Å². The first-order chi connectivity index (χ1) is 19.4. The average molecular weight is 553 g/mol. The largest absolute Gasteiger partial charge is 0.497 e. The molecule has 40 heavy (non-hydrogen) atoms. The van der Waals surface area contributed by atoms with Crippen molar-refractivity contribution in [1.29, 1.82) is 0 Å². The van der Waals surface area contributed by atoms with Crippen molar-refractivity contribution in [2.75, 3.05) is 13.7 Å². The minimum Gasteiger partial charge on any atom is -0.497 e. The molecule has 2 aliphatic rings. The van der Waals surface area contributed by atoms with Crippen LogP contribution in [0.3, 0.4) is 0 Å². The molecule has 7 heteroatoms. The average Bonchev–Trinajstić information content (AvgIpc) is 2.99. The van der Waals surface area contributed by atoms with Gasteiger partial charge in [-0.2, -0.15) is 4.31 Å². The van der Waals surface area contributed by atoms with Crippen LogP contribution < -0.4 is 4.74 Å². The van der Waals surface area contributed by atoms with Gasteiger partial charge in [-0.3, -0.25) is 4.79 Å². The van der Waals surface area contributed by atoms with Gasteiger partial charge in [-0.25, -0.2) is 8.42 Å². The Labute approximate surface area is 235 Å². The number of aryl methyl sites for hydroxylation is 1. The van der Waals surface area contributed by atoms with Gasteiger partial charge in [-0.05, 0) is 59.4 Å². The van der Waals surface area contributed by atoms with Crippen LogP contribution in [0.25, 0.3) is 0 Å². The molecule has 6 rings (SSSR count). The predicted octanol–water partition coefficient (Wildman–Crippen LogP) is 5.62. The van der Waals surface area contributed by atoms with E-state index >= 15 is 0 Å². The van der Waals surface area contributed by atoms with E-state index in [4.69, 9.17) is 4.74 Å². The lowest BCUT2D eigenvalue weighted by Gasteiger charge is -2.48. The quantitative estimate of drug-likeness (QED) is 0.279. The summed E-state index contributed by atoms with van der Waals surface area (Å²) in [6.45, 7) is 3.20. The van der Waals surface area contributed by atoms with Crippen LogP contribution in [-0.4, -0.2) is 37.2 Å². The molecule has 2 aliphatic heterocycles. The molecule has 0 aliphatic carbocycles. The van der Waals surface area contributed by atoms with Gasteiger partial charge in [-0.1, -0.05) is 84.4 Å². The second kappa shape index (κ2) is 10.6. The molecule has 0 spiro atoms. The summed E-state index contributed by atoms with van der Waals surface area (Å²) >= 11 is 0. The number of rotatable bonds is 7. The highest BCUT2D eigenvalue weighted by Gasteiger charge is 2.50. The van der Waals surface area contributed by atoms with Crippen LogP contribution in [0.15, 0.2) is 102 Å². The number of carbonyl (C=O) groups is 1. The number of hydrogen-bond acceptors (Lipinski definition) is 4. The first kappa shape index (κ1) is 26.3. The Morgan fingerprint density at radius 3 is 2.25 bits per heavy atom. The molecule has 2 heterocycles. The smallest absolute Gasteiger partial charge is 0.243 e. The number of ether oxygens (including phenoxy) is 1. The molecule has 1 amide bonds. The summed E-state index contributed by atoms with van der Waals surface area (Å²) in [4.78, 5) is 15.9. The van der Waals surface area contributed by atoms with Gasteiger partial charge in [0.25, 0.3) is 0 Å². The van der Waals surface area contributed by atoms with Crippen LogP contribution in [0.2, 0.25) is 0 Å². The predicted molar refractivity (Wildman–Crippen MR) is 154 cm³/mol. The van der Waals surface area contributed by atoms with Crippen molar-refractivity contribution in [3.8, 4) is 5.75 Å². The van der Waals surface area contributed by atoms with E-state index in [9.17, 15) is 13.2 Å². The highest BCUT2D eigenvalue weighted by molar-refractivity contribution is 7.89. The number of hydrogen-bond donors (Lipinski definition) is 0. The lowest BCUT2D eigenvalue weighted by atomic mass is 9.77. The van der Waals surface area contributed by atoms with Crippen LogP contribution in [-0.2, 0) is 34.3 Å². The Balaban J connectivity index is 1.36. The van der Waals surface area contributed by atoms with Crippen molar-refractivity contribution in [1.82, 2.24) is 9.21 Å². The summed E-state index contributed by atoms with van der Waals surface area (Å²) < 4.78 is 35.0. The SMILES string of the molecule is COc1ccc(CN2C(=O)[C@@H](c3ccccc3S(=O)(=O)N3CCc4ccccc4C3)[C@@H]2c2ccc(C)cc2)cc1. The van der Waals surface area contributed by atoms with E-state index in [1.807, 2.05) is 84.6 Å². The number of β-lactam (4-membered cyclic amide) rings is 1. The standard InChI is InChI=1S/C33H32N2O4S/c1-23-11-15-26(16-12-23)32-31(33(36)35(32)21-24-13-17-28(39-2)18-14-24)29-9-5-6-10-30(29)40(37,38)34-20-19-25-7-3-4-8-27(25)22-34/h3-18,31-32H,19-22H2,1-2H3/t31-,32-/m0/s1. The topological polar surface area (TPSA) is 66.9 Å². The molecular formula is C33H32N2O4S. The highest BCUT2D eigenvalue weighted by Crippen LogP contribution is 2.49. The molecule has 204 valence electrons. The van der Waals surface area contributed by atoms with Crippen LogP contribution in [0.1, 0.15) is 45.3 Å². The van der Waals surface area contributed by atoms with Gasteiger partial charge in [0, 0.05) is 19.6 Å². The number of sulfonamides is 1. The van der Waals surface area contributed by atoms with E-state index in [0.717, 1.165) is 28.0 Å². The summed E-state index contributed by atoms with van der Waals surface area (Å²) in [5.74, 6) is 0.0863. The third-order valence-electron chi connectivity index (χ3n) is 8.10. The Morgan fingerprint density at radius 1 is 0.850 bits per heavy atom. The molecule has 6 nitrogen and oxygen atoms in total. The van der Waals surface area contributed by atoms with E-state index in [2.05, 4.69) is 6.07 Å². The lowest BCUT2D eigenvalue weighted by molar-refractivity contribution is -0.151. The fourth-order valence-electron chi connectivity index (χ4n) is 5.88. The zero-order chi connectivity index (χ0) is 27.9. The minimum atomic E-state index is -3.83. The van der Waals surface area contributed by atoms with Crippen LogP contribution in [0.5, 0.6) is 5.75 Å². The number of benzene rings is 4. The molecule has 0 aromatic heterocycles. The van der Waals surface area contributed by atoms with Gasteiger partial charge < -0.3 is 9.64 Å². The zero-order valence-electron chi connectivity index (χ0n) is 22.7. The highest BCUT2D eigenvalue weighted by atomic mass is 32.2. The van der Waals surface area contributed by atoms with Crippen molar-refractivity contribution in [2.24, 2.45) is 0 Å². The molecular weight excluding hydrogens is 520 g/mol. The molecule has 0 unspecified atom stereocenters. The van der Waals surface area contributed by atoms with Crippen molar-refractivity contribution >= 4 is 15.9 Å². The Kier molecular flexibility index (Phi) is 6.94. The first-order valence-corrected chi connectivity index (χ1v) is 15.0. The Morgan fingerprint density at radius 2 is 1.52 bits per heavy atom. The maximum absolute atomic E-state index is 14.1. The number of methoxy groups -OCH3 is 1. The van der Waals surface area contributed by atoms with Crippen LogP contribution in [0.4, 0.5) is 0 Å². The normalized spacial score (nSPS) is 19.1. The van der Waals surface area contributed by atoms with E-state index in [0.29, 0.717) is 31.6 Å². The summed E-state index contributed by atoms with van der Waals surface area (Å²) in [6.07, 6.45) is 0.668. The van der Waals surface area contributed by atoms with E-state index in [-0.39, 0.29) is 16.8 Å². The van der Waals surface area contributed by atoms with Crippen molar-refractivity contribution < 1.29 is 17.9 Å². The Hall–Kier alpha value is -3.94. The van der Waals surface area contributed by atoms with E-state index in [1.165, 1.54) is 5.56 Å². The molecule has 4 aromatic rings. The number of nitrogens with zero attached hydrogens (tertiary/aromatic N) is 2. The van der Waals surface area contributed by atoms with Crippen LogP contribution >= 0.6 is 0 Å². The third kappa shape index (κ3) is 4.69. The van der Waals surface area contributed by atoms with Gasteiger partial charge in [0.05, 0.1) is 24.0 Å². The monoisotopic (exact) mass is 552 g/mol. The first-order valence-electron chi connectivity index (χ1n) is 13.5. The summed E-state index contributed by atoms with van der Waals surface area (Å²) in [5, 5.41) is 0. The molecule has 0 radical (unpaired) electrons. The van der Waals surface area contributed by atoms with Gasteiger partial charge in [0.2, 0.25) is 15.9 Å². The third-order valence-corrected chi connectivity index (χ3v) is 10.0. The molecule has 2 atom stereocenters. The summed E-state index contributed by atoms with van der Waals surface area (Å²) in [5.41, 5.74) is 5.87. The molecule has 1 fully saturated rings. The maximum atomic E-state index is 14.1. The lowest BCUT2D eigenvalue weighted by Crippen LogP contribution is -2.53. The van der Waals surface area contributed by atoms with E-state index in [1.54, 1.807) is 29.6 Å². The molecule has 0 N–H and O–H groups in total. The number of likely N-dealkylation sites (tertiary alicyclic amines) is 1.